The molecule has 1 saturated heterocycles. The molecule has 1 heterocycles. The molecular formula is C25H35N3O2. The van der Waals surface area contributed by atoms with Gasteiger partial charge in [0.2, 0.25) is 5.91 Å². The molecular weight excluding hydrogens is 374 g/mol. The normalized spacial score (nSPS) is 17.0. The number of nitrogens with one attached hydrogen (secondary N) is 1. The van der Waals surface area contributed by atoms with Crippen LogP contribution >= 0.6 is 0 Å². The molecule has 2 atom stereocenters. The Morgan fingerprint density at radius 1 is 1.07 bits per heavy atom. The summed E-state index contributed by atoms with van der Waals surface area (Å²) >= 11 is 0. The number of fused-ring (bicyclic) bond motifs is 1. The molecule has 1 fully saturated rings. The average molecular weight is 410 g/mol. The van der Waals surface area contributed by atoms with Crippen LogP contribution < -0.4 is 11.1 Å². The third kappa shape index (κ3) is 5.82. The zero-order valence-corrected chi connectivity index (χ0v) is 18.3. The minimum Gasteiger partial charge on any atom is -0.353 e. The van der Waals surface area contributed by atoms with Crippen molar-refractivity contribution in [3.05, 3.63) is 48.0 Å². The molecule has 0 bridgehead atoms. The first-order chi connectivity index (χ1) is 14.5. The molecule has 2 aromatic carbocycles. The zero-order chi connectivity index (χ0) is 21.5. The topological polar surface area (TPSA) is 75.4 Å². The molecule has 30 heavy (non-hydrogen) atoms. The maximum atomic E-state index is 12.9. The maximum absolute atomic E-state index is 12.9. The molecule has 5 nitrogen and oxygen atoms in total. The van der Waals surface area contributed by atoms with Crippen LogP contribution in [-0.2, 0) is 4.79 Å². The quantitative estimate of drug-likeness (QED) is 0.689. The fourth-order valence-corrected chi connectivity index (χ4v) is 4.27. The Hall–Kier alpha value is -2.40. The number of nitrogens with two attached hydrogens (primary N) is 1. The van der Waals surface area contributed by atoms with Crippen LogP contribution in [0.3, 0.4) is 0 Å². The number of benzene rings is 2. The summed E-state index contributed by atoms with van der Waals surface area (Å²) in [6.45, 7) is 5.40. The average Bonchev–Trinajstić information content (AvgIpc) is 2.76. The van der Waals surface area contributed by atoms with E-state index >= 15 is 0 Å². The van der Waals surface area contributed by atoms with Gasteiger partial charge in [-0.15, -0.1) is 0 Å². The third-order valence-electron chi connectivity index (χ3n) is 6.10. The van der Waals surface area contributed by atoms with Gasteiger partial charge in [-0.3, -0.25) is 9.59 Å². The lowest BCUT2D eigenvalue weighted by Gasteiger charge is -2.32. The van der Waals surface area contributed by atoms with Gasteiger partial charge in [0.05, 0.1) is 0 Å². The van der Waals surface area contributed by atoms with Crippen LogP contribution in [0, 0.1) is 5.92 Å². The highest BCUT2D eigenvalue weighted by atomic mass is 16.2. The van der Waals surface area contributed by atoms with E-state index in [0.29, 0.717) is 13.1 Å². The van der Waals surface area contributed by atoms with E-state index in [2.05, 4.69) is 12.2 Å². The van der Waals surface area contributed by atoms with Crippen molar-refractivity contribution in [1.82, 2.24) is 10.2 Å². The van der Waals surface area contributed by atoms with Gasteiger partial charge < -0.3 is 16.0 Å². The number of amides is 2. The predicted molar refractivity (Wildman–Crippen MR) is 122 cm³/mol. The zero-order valence-electron chi connectivity index (χ0n) is 18.3. The van der Waals surface area contributed by atoms with Crippen LogP contribution in [0.2, 0.25) is 0 Å². The van der Waals surface area contributed by atoms with Crippen molar-refractivity contribution in [2.24, 2.45) is 11.7 Å². The molecule has 2 aromatic rings. The Morgan fingerprint density at radius 2 is 1.77 bits per heavy atom. The molecule has 0 radical (unpaired) electrons. The Balaban J connectivity index is 1.53. The highest BCUT2D eigenvalue weighted by Crippen LogP contribution is 2.22. The fourth-order valence-electron chi connectivity index (χ4n) is 4.27. The minimum atomic E-state index is -0.0136. The highest BCUT2D eigenvalue weighted by Gasteiger charge is 2.28. The second-order valence-electron chi connectivity index (χ2n) is 8.68. The van der Waals surface area contributed by atoms with Gasteiger partial charge >= 0.3 is 0 Å². The first-order valence-electron chi connectivity index (χ1n) is 11.3. The summed E-state index contributed by atoms with van der Waals surface area (Å²) in [5, 5.41) is 5.45. The Labute approximate surface area is 180 Å². The number of nitrogens with zero attached hydrogens (tertiary/aromatic N) is 1. The maximum Gasteiger partial charge on any atom is 0.253 e. The summed E-state index contributed by atoms with van der Waals surface area (Å²) in [5.41, 5.74) is 6.60. The van der Waals surface area contributed by atoms with E-state index in [1.807, 2.05) is 54.3 Å². The van der Waals surface area contributed by atoms with E-state index in [1.54, 1.807) is 0 Å². The largest absolute Gasteiger partial charge is 0.353 e. The standard InChI is InChI=1S/C25H35N3O2/c1-3-6-23(12-9-18(2)26)27-24(29)20-13-15-28(16-14-20)25(30)22-11-10-19-7-4-5-8-21(19)17-22/h4-5,7-8,10-11,17-18,20,23H,3,6,9,12-16,26H2,1-2H3,(H,27,29)/t18?,23-/m1/s1. The van der Waals surface area contributed by atoms with Gasteiger partial charge in [0.1, 0.15) is 0 Å². The number of rotatable bonds is 8. The second kappa shape index (κ2) is 10.6. The van der Waals surface area contributed by atoms with Crippen LogP contribution in [-0.4, -0.2) is 41.9 Å². The Morgan fingerprint density at radius 3 is 2.43 bits per heavy atom. The van der Waals surface area contributed by atoms with Gasteiger partial charge in [-0.05, 0) is 61.9 Å². The number of likely N-dealkylation sites (tertiary alicyclic amines) is 1. The molecule has 162 valence electrons. The number of hydrogen-bond acceptors (Lipinski definition) is 3. The lowest BCUT2D eigenvalue weighted by atomic mass is 9.94. The second-order valence-corrected chi connectivity index (χ2v) is 8.68. The first kappa shape index (κ1) is 22.3. The number of hydrogen-bond donors (Lipinski definition) is 2. The summed E-state index contributed by atoms with van der Waals surface area (Å²) < 4.78 is 0. The van der Waals surface area contributed by atoms with Crippen molar-refractivity contribution in [1.29, 1.82) is 0 Å². The molecule has 0 aliphatic carbocycles. The summed E-state index contributed by atoms with van der Waals surface area (Å²) in [4.78, 5) is 27.6. The number of carbonyl (C=O) groups excluding carboxylic acids is 2. The minimum absolute atomic E-state index is 0.0136. The molecule has 5 heteroatoms. The molecule has 3 rings (SSSR count). The van der Waals surface area contributed by atoms with Crippen LogP contribution in [0.15, 0.2) is 42.5 Å². The molecule has 0 saturated carbocycles. The molecule has 1 aliphatic rings. The number of piperidine rings is 1. The number of carbonyl (C=O) groups is 2. The van der Waals surface area contributed by atoms with E-state index in [0.717, 1.165) is 54.9 Å². The Kier molecular flexibility index (Phi) is 7.86. The van der Waals surface area contributed by atoms with E-state index in [1.165, 1.54) is 0 Å². The monoisotopic (exact) mass is 409 g/mol. The van der Waals surface area contributed by atoms with Crippen LogP contribution in [0.25, 0.3) is 10.8 Å². The van der Waals surface area contributed by atoms with E-state index in [-0.39, 0.29) is 29.8 Å². The third-order valence-corrected chi connectivity index (χ3v) is 6.10. The van der Waals surface area contributed by atoms with Crippen molar-refractivity contribution >= 4 is 22.6 Å². The van der Waals surface area contributed by atoms with Gasteiger partial charge in [-0.25, -0.2) is 0 Å². The lowest BCUT2D eigenvalue weighted by molar-refractivity contribution is -0.127. The smallest absolute Gasteiger partial charge is 0.253 e. The molecule has 3 N–H and O–H groups in total. The summed E-state index contributed by atoms with van der Waals surface area (Å²) in [5.74, 6) is 0.177. The van der Waals surface area contributed by atoms with Crippen LogP contribution in [0.4, 0.5) is 0 Å². The highest BCUT2D eigenvalue weighted by molar-refractivity contribution is 5.98. The molecule has 0 aromatic heterocycles. The fraction of sp³-hybridized carbons (Fsp3) is 0.520. The van der Waals surface area contributed by atoms with Crippen molar-refractivity contribution in [3.8, 4) is 0 Å². The summed E-state index contributed by atoms with van der Waals surface area (Å²) in [6, 6.07) is 14.3. The Bertz CT molecular complexity index is 856. The SMILES string of the molecule is CCC[C@H](CCC(C)N)NC(=O)C1CCN(C(=O)c2ccc3ccccc3c2)CC1. The first-order valence-corrected chi connectivity index (χ1v) is 11.3. The molecule has 0 spiro atoms. The van der Waals surface area contributed by atoms with E-state index in [4.69, 9.17) is 5.73 Å². The van der Waals surface area contributed by atoms with Crippen molar-refractivity contribution in [2.45, 2.75) is 64.5 Å². The van der Waals surface area contributed by atoms with Crippen LogP contribution in [0.1, 0.15) is 62.7 Å². The summed E-state index contributed by atoms with van der Waals surface area (Å²) in [6.07, 6.45) is 5.31. The lowest BCUT2D eigenvalue weighted by Crippen LogP contribution is -2.45. The van der Waals surface area contributed by atoms with Crippen molar-refractivity contribution in [2.75, 3.05) is 13.1 Å². The van der Waals surface area contributed by atoms with E-state index < -0.39 is 0 Å². The van der Waals surface area contributed by atoms with Crippen molar-refractivity contribution in [3.63, 3.8) is 0 Å². The molecule has 2 amide bonds. The van der Waals surface area contributed by atoms with Gasteiger partial charge in [0.15, 0.2) is 0 Å². The molecule has 1 unspecified atom stereocenters. The van der Waals surface area contributed by atoms with Gasteiger partial charge in [-0.1, -0.05) is 43.7 Å². The van der Waals surface area contributed by atoms with Gasteiger partial charge in [-0.2, -0.15) is 0 Å². The van der Waals surface area contributed by atoms with Gasteiger partial charge in [0, 0.05) is 36.7 Å². The van der Waals surface area contributed by atoms with Gasteiger partial charge in [0.25, 0.3) is 5.91 Å². The summed E-state index contributed by atoms with van der Waals surface area (Å²) in [7, 11) is 0. The molecule has 1 aliphatic heterocycles. The predicted octanol–water partition coefficient (Wildman–Crippen LogP) is 4.10. The van der Waals surface area contributed by atoms with Crippen molar-refractivity contribution < 1.29 is 9.59 Å². The van der Waals surface area contributed by atoms with E-state index in [9.17, 15) is 9.59 Å². The van der Waals surface area contributed by atoms with Crippen LogP contribution in [0.5, 0.6) is 0 Å².